The molecule has 0 aliphatic carbocycles. The Labute approximate surface area is 153 Å². The second kappa shape index (κ2) is 9.07. The molecule has 0 spiro atoms. The van der Waals surface area contributed by atoms with Gasteiger partial charge in [0.15, 0.2) is 0 Å². The predicted octanol–water partition coefficient (Wildman–Crippen LogP) is 4.45. The lowest BCUT2D eigenvalue weighted by Gasteiger charge is -2.11. The zero-order valence-corrected chi connectivity index (χ0v) is 15.2. The van der Waals surface area contributed by atoms with Crippen molar-refractivity contribution < 1.29 is 4.79 Å². The van der Waals surface area contributed by atoms with Crippen LogP contribution in [-0.2, 0) is 11.2 Å². The van der Waals surface area contributed by atoms with Crippen molar-refractivity contribution in [2.24, 2.45) is 5.73 Å². The monoisotopic (exact) mass is 364 g/mol. The Balaban J connectivity index is 1.90. The first-order valence-corrected chi connectivity index (χ1v) is 8.84. The number of carbonyl (C=O) groups is 1. The van der Waals surface area contributed by atoms with E-state index in [0.29, 0.717) is 23.0 Å². The maximum atomic E-state index is 11.8. The highest BCUT2D eigenvalue weighted by molar-refractivity contribution is 6.42. The van der Waals surface area contributed by atoms with Gasteiger partial charge in [-0.15, -0.1) is 0 Å². The van der Waals surface area contributed by atoms with E-state index in [0.717, 1.165) is 29.5 Å². The number of amides is 1. The molecule has 0 heterocycles. The number of halogens is 2. The number of nitrogens with one attached hydrogen (secondary N) is 1. The molecule has 0 saturated carbocycles. The maximum absolute atomic E-state index is 11.8. The lowest BCUT2D eigenvalue weighted by atomic mass is 10.0. The van der Waals surface area contributed by atoms with Crippen molar-refractivity contribution in [2.45, 2.75) is 32.2 Å². The number of hydrogen-bond donors (Lipinski definition) is 2. The summed E-state index contributed by atoms with van der Waals surface area (Å²) in [5.41, 5.74) is 9.04. The minimum absolute atomic E-state index is 0.0794. The Hall–Kier alpha value is -1.55. The summed E-state index contributed by atoms with van der Waals surface area (Å²) in [4.78, 5) is 11.8. The van der Waals surface area contributed by atoms with E-state index in [1.807, 2.05) is 31.2 Å². The molecule has 0 unspecified atom stereocenters. The Morgan fingerprint density at radius 2 is 1.75 bits per heavy atom. The first kappa shape index (κ1) is 18.8. The van der Waals surface area contributed by atoms with Gasteiger partial charge in [0.1, 0.15) is 0 Å². The molecule has 0 radical (unpaired) electrons. The van der Waals surface area contributed by atoms with Gasteiger partial charge in [-0.3, -0.25) is 4.79 Å². The summed E-state index contributed by atoms with van der Waals surface area (Å²) in [6.07, 6.45) is 2.39. The molecule has 1 amide bonds. The lowest BCUT2D eigenvalue weighted by Crippen LogP contribution is -2.41. The fourth-order valence-corrected chi connectivity index (χ4v) is 2.74. The number of carbonyl (C=O) groups excluding carboxylic acids is 1. The highest BCUT2D eigenvalue weighted by atomic mass is 35.5. The van der Waals surface area contributed by atoms with Gasteiger partial charge in [0.05, 0.1) is 16.1 Å². The van der Waals surface area contributed by atoms with Gasteiger partial charge in [-0.1, -0.05) is 66.9 Å². The minimum Gasteiger partial charge on any atom is -0.354 e. The van der Waals surface area contributed by atoms with E-state index in [4.69, 9.17) is 28.9 Å². The summed E-state index contributed by atoms with van der Waals surface area (Å²) in [7, 11) is 0. The van der Waals surface area contributed by atoms with Crippen molar-refractivity contribution in [3.8, 4) is 11.1 Å². The van der Waals surface area contributed by atoms with E-state index in [1.165, 1.54) is 0 Å². The average Bonchev–Trinajstić information content (AvgIpc) is 2.58. The van der Waals surface area contributed by atoms with Gasteiger partial charge in [0, 0.05) is 6.54 Å². The van der Waals surface area contributed by atoms with E-state index in [1.54, 1.807) is 6.07 Å². The Kier molecular flexibility index (Phi) is 7.10. The van der Waals surface area contributed by atoms with Crippen LogP contribution in [0.2, 0.25) is 10.0 Å². The molecule has 24 heavy (non-hydrogen) atoms. The van der Waals surface area contributed by atoms with Gasteiger partial charge < -0.3 is 11.1 Å². The Morgan fingerprint density at radius 1 is 1.08 bits per heavy atom. The van der Waals surface area contributed by atoms with Crippen molar-refractivity contribution in [1.82, 2.24) is 5.32 Å². The fraction of sp³-hybridized carbons (Fsp3) is 0.316. The predicted molar refractivity (Wildman–Crippen MR) is 101 cm³/mol. The Bertz CT molecular complexity index is 686. The second-order valence-corrected chi connectivity index (χ2v) is 6.58. The van der Waals surface area contributed by atoms with E-state index in [2.05, 4.69) is 17.4 Å². The third kappa shape index (κ3) is 5.23. The van der Waals surface area contributed by atoms with Crippen LogP contribution in [0.15, 0.2) is 42.5 Å². The zero-order valence-electron chi connectivity index (χ0n) is 13.7. The van der Waals surface area contributed by atoms with E-state index >= 15 is 0 Å². The maximum Gasteiger partial charge on any atom is 0.236 e. The molecule has 5 heteroatoms. The van der Waals surface area contributed by atoms with Crippen LogP contribution < -0.4 is 11.1 Å². The third-order valence-corrected chi connectivity index (χ3v) is 4.60. The molecule has 2 aromatic rings. The molecule has 1 atom stereocenters. The quantitative estimate of drug-likeness (QED) is 0.762. The molecule has 3 N–H and O–H groups in total. The molecule has 0 saturated heterocycles. The molecular formula is C19H22Cl2N2O. The zero-order chi connectivity index (χ0) is 17.5. The summed E-state index contributed by atoms with van der Waals surface area (Å²) >= 11 is 12.0. The molecule has 0 fully saturated rings. The summed E-state index contributed by atoms with van der Waals surface area (Å²) < 4.78 is 0. The van der Waals surface area contributed by atoms with Crippen LogP contribution in [0.3, 0.4) is 0 Å². The molecule has 0 aliphatic rings. The van der Waals surface area contributed by atoms with Gasteiger partial charge in [-0.25, -0.2) is 0 Å². The molecule has 2 aromatic carbocycles. The summed E-state index contributed by atoms with van der Waals surface area (Å²) in [5.74, 6) is -0.0794. The van der Waals surface area contributed by atoms with Gasteiger partial charge in [0.2, 0.25) is 5.91 Å². The Morgan fingerprint density at radius 3 is 2.38 bits per heavy atom. The van der Waals surface area contributed by atoms with Gasteiger partial charge in [-0.05, 0) is 41.7 Å². The molecule has 2 rings (SSSR count). The van der Waals surface area contributed by atoms with Crippen molar-refractivity contribution in [3.63, 3.8) is 0 Å². The van der Waals surface area contributed by atoms with E-state index in [-0.39, 0.29) is 5.91 Å². The highest BCUT2D eigenvalue weighted by Gasteiger charge is 2.11. The number of nitrogens with two attached hydrogens (primary N) is 1. The van der Waals surface area contributed by atoms with E-state index < -0.39 is 6.04 Å². The van der Waals surface area contributed by atoms with Crippen molar-refractivity contribution >= 4 is 29.1 Å². The minimum atomic E-state index is -0.410. The van der Waals surface area contributed by atoms with Crippen LogP contribution in [-0.4, -0.2) is 18.5 Å². The van der Waals surface area contributed by atoms with Crippen LogP contribution in [0.5, 0.6) is 0 Å². The second-order valence-electron chi connectivity index (χ2n) is 5.76. The number of rotatable bonds is 7. The summed E-state index contributed by atoms with van der Waals surface area (Å²) in [5, 5.41) is 3.98. The van der Waals surface area contributed by atoms with Crippen molar-refractivity contribution in [1.29, 1.82) is 0 Å². The summed E-state index contributed by atoms with van der Waals surface area (Å²) in [6, 6.07) is 13.4. The topological polar surface area (TPSA) is 55.1 Å². The van der Waals surface area contributed by atoms with Crippen LogP contribution in [0.4, 0.5) is 0 Å². The number of benzene rings is 2. The number of hydrogen-bond acceptors (Lipinski definition) is 2. The highest BCUT2D eigenvalue weighted by Crippen LogP contribution is 2.28. The largest absolute Gasteiger partial charge is 0.354 e. The van der Waals surface area contributed by atoms with Gasteiger partial charge in [0.25, 0.3) is 0 Å². The summed E-state index contributed by atoms with van der Waals surface area (Å²) in [6.45, 7) is 2.60. The van der Waals surface area contributed by atoms with Gasteiger partial charge in [-0.2, -0.15) is 0 Å². The first-order valence-electron chi connectivity index (χ1n) is 8.09. The van der Waals surface area contributed by atoms with Crippen LogP contribution in [0.1, 0.15) is 25.3 Å². The standard InChI is InChI=1S/C19H22Cl2N2O/c1-2-3-18(22)19(24)23-11-10-13-4-6-14(7-5-13)15-8-9-16(20)17(21)12-15/h4-9,12,18H,2-3,10-11,22H2,1H3,(H,23,24)/t18-/m0/s1. The lowest BCUT2D eigenvalue weighted by molar-refractivity contribution is -0.122. The fourth-order valence-electron chi connectivity index (χ4n) is 2.44. The van der Waals surface area contributed by atoms with Crippen LogP contribution in [0.25, 0.3) is 11.1 Å². The molecule has 3 nitrogen and oxygen atoms in total. The molecule has 0 aliphatic heterocycles. The normalized spacial score (nSPS) is 12.0. The van der Waals surface area contributed by atoms with Gasteiger partial charge >= 0.3 is 0 Å². The smallest absolute Gasteiger partial charge is 0.236 e. The average molecular weight is 365 g/mol. The molecular weight excluding hydrogens is 343 g/mol. The first-order chi connectivity index (χ1) is 11.5. The molecule has 128 valence electrons. The van der Waals surface area contributed by atoms with Crippen molar-refractivity contribution in [2.75, 3.05) is 6.54 Å². The third-order valence-electron chi connectivity index (χ3n) is 3.86. The molecule has 0 aromatic heterocycles. The molecule has 0 bridgehead atoms. The van der Waals surface area contributed by atoms with Crippen molar-refractivity contribution in [3.05, 3.63) is 58.1 Å². The van der Waals surface area contributed by atoms with E-state index in [9.17, 15) is 4.79 Å². The SMILES string of the molecule is CCC[C@H](N)C(=O)NCCc1ccc(-c2ccc(Cl)c(Cl)c2)cc1. The van der Waals surface area contributed by atoms with Crippen LogP contribution in [0, 0.1) is 0 Å². The van der Waals surface area contributed by atoms with Crippen LogP contribution >= 0.6 is 23.2 Å².